The van der Waals surface area contributed by atoms with Crippen molar-refractivity contribution < 1.29 is 80.2 Å². The fourth-order valence-corrected chi connectivity index (χ4v) is 13.8. The number of phosphoric ester groups is 2. The fraction of sp³-hybridized carbons (Fsp3) is 0.950. The van der Waals surface area contributed by atoms with Gasteiger partial charge in [-0.15, -0.1) is 0 Å². The van der Waals surface area contributed by atoms with Crippen LogP contribution in [0, 0.1) is 17.8 Å². The zero-order valence-electron chi connectivity index (χ0n) is 65.0. The van der Waals surface area contributed by atoms with E-state index in [1.165, 1.54) is 218 Å². The van der Waals surface area contributed by atoms with Gasteiger partial charge in [-0.2, -0.15) is 0 Å². The summed E-state index contributed by atoms with van der Waals surface area (Å²) in [6.07, 6.45) is 58.3. The number of phosphoric acid groups is 2. The first kappa shape index (κ1) is 97.1. The first-order valence-corrected chi connectivity index (χ1v) is 44.4. The van der Waals surface area contributed by atoms with Crippen LogP contribution in [0.15, 0.2) is 0 Å². The highest BCUT2D eigenvalue weighted by Gasteiger charge is 2.30. The molecule has 0 aliphatic carbocycles. The molecule has 588 valence electrons. The lowest BCUT2D eigenvalue weighted by Crippen LogP contribution is -2.30. The van der Waals surface area contributed by atoms with Crippen molar-refractivity contribution >= 4 is 39.5 Å². The molecule has 0 aromatic heterocycles. The average molecular weight is 1450 g/mol. The molecule has 17 nitrogen and oxygen atoms in total. The summed E-state index contributed by atoms with van der Waals surface area (Å²) in [5, 5.41) is 10.6. The number of rotatable bonds is 78. The molecule has 0 heterocycles. The molecule has 0 saturated heterocycles. The van der Waals surface area contributed by atoms with Crippen molar-refractivity contribution in [3.05, 3.63) is 0 Å². The molecule has 0 radical (unpaired) electrons. The van der Waals surface area contributed by atoms with E-state index in [-0.39, 0.29) is 25.7 Å². The van der Waals surface area contributed by atoms with Crippen LogP contribution < -0.4 is 0 Å². The van der Waals surface area contributed by atoms with Crippen LogP contribution in [0.2, 0.25) is 0 Å². The van der Waals surface area contributed by atoms with Gasteiger partial charge in [-0.3, -0.25) is 37.3 Å². The van der Waals surface area contributed by atoms with Crippen molar-refractivity contribution in [1.29, 1.82) is 0 Å². The van der Waals surface area contributed by atoms with Crippen LogP contribution in [0.25, 0.3) is 0 Å². The first-order chi connectivity index (χ1) is 47.8. The summed E-state index contributed by atoms with van der Waals surface area (Å²) in [5.74, 6) is 0.201. The second kappa shape index (κ2) is 70.4. The Morgan fingerprint density at radius 3 is 0.768 bits per heavy atom. The maximum absolute atomic E-state index is 13.1. The number of esters is 4. The summed E-state index contributed by atoms with van der Waals surface area (Å²) in [6.45, 7) is 11.9. The average Bonchev–Trinajstić information content (AvgIpc) is 1.09. The van der Waals surface area contributed by atoms with Crippen LogP contribution in [0.5, 0.6) is 0 Å². The van der Waals surface area contributed by atoms with Crippen molar-refractivity contribution in [2.24, 2.45) is 17.8 Å². The standard InChI is InChI=1S/C80H156O17P2/c1-8-11-12-13-14-15-16-17-18-19-20-21-22-23-24-29-35-40-49-56-63-79(84)96-75(67-90-77(82)61-54-47-39-34-28-26-25-27-32-37-44-51-58-71(4)5)69-94-98(86,87)92-65-74(81)66-93-99(88,89)95-70-76(68-91-78(83)62-55-48-43-42-46-53-60-73(7)10-3)97-80(85)64-57-50-41-36-31-30-33-38-45-52-59-72(6)9-2/h71-76,81H,8-70H2,1-7H3,(H,86,87)(H,88,89)/t72?,73?,74-,75-,76-/m1/s1. The van der Waals surface area contributed by atoms with Gasteiger partial charge in [0.1, 0.15) is 19.3 Å². The van der Waals surface area contributed by atoms with E-state index in [9.17, 15) is 43.2 Å². The van der Waals surface area contributed by atoms with E-state index in [1.54, 1.807) is 0 Å². The van der Waals surface area contributed by atoms with Gasteiger partial charge in [0, 0.05) is 25.7 Å². The molecule has 0 bridgehead atoms. The number of carbonyl (C=O) groups excluding carboxylic acids is 4. The fourth-order valence-electron chi connectivity index (χ4n) is 12.2. The van der Waals surface area contributed by atoms with Gasteiger partial charge in [-0.05, 0) is 43.4 Å². The topological polar surface area (TPSA) is 237 Å². The number of ether oxygens (including phenoxy) is 4. The lowest BCUT2D eigenvalue weighted by atomic mass is 9.99. The maximum Gasteiger partial charge on any atom is 0.472 e. The number of aliphatic hydroxyl groups excluding tert-OH is 1. The van der Waals surface area contributed by atoms with Crippen LogP contribution in [0.4, 0.5) is 0 Å². The third-order valence-corrected chi connectivity index (χ3v) is 21.3. The minimum Gasteiger partial charge on any atom is -0.462 e. The molecule has 99 heavy (non-hydrogen) atoms. The third-order valence-electron chi connectivity index (χ3n) is 19.4. The Kier molecular flexibility index (Phi) is 69.0. The number of hydrogen-bond donors (Lipinski definition) is 3. The third kappa shape index (κ3) is 71.5. The molecule has 3 N–H and O–H groups in total. The van der Waals surface area contributed by atoms with E-state index in [4.69, 9.17) is 37.0 Å². The van der Waals surface area contributed by atoms with Gasteiger partial charge in [0.05, 0.1) is 26.4 Å². The highest BCUT2D eigenvalue weighted by atomic mass is 31.2. The number of unbranched alkanes of at least 4 members (excludes halogenated alkanes) is 44. The van der Waals surface area contributed by atoms with Gasteiger partial charge in [-0.25, -0.2) is 9.13 Å². The Labute approximate surface area is 607 Å². The predicted molar refractivity (Wildman–Crippen MR) is 405 cm³/mol. The summed E-state index contributed by atoms with van der Waals surface area (Å²) < 4.78 is 68.7. The molecule has 0 aliphatic heterocycles. The van der Waals surface area contributed by atoms with Crippen molar-refractivity contribution in [2.45, 2.75) is 433 Å². The van der Waals surface area contributed by atoms with Crippen LogP contribution in [-0.4, -0.2) is 96.7 Å². The summed E-state index contributed by atoms with van der Waals surface area (Å²) in [4.78, 5) is 73.0. The molecule has 0 fully saturated rings. The lowest BCUT2D eigenvalue weighted by molar-refractivity contribution is -0.161. The van der Waals surface area contributed by atoms with Crippen LogP contribution in [-0.2, 0) is 65.4 Å². The Morgan fingerprint density at radius 2 is 0.515 bits per heavy atom. The van der Waals surface area contributed by atoms with E-state index in [0.29, 0.717) is 25.7 Å². The Balaban J connectivity index is 5.24. The smallest absolute Gasteiger partial charge is 0.462 e. The van der Waals surface area contributed by atoms with E-state index in [0.717, 1.165) is 114 Å². The normalized spacial score (nSPS) is 14.5. The van der Waals surface area contributed by atoms with E-state index >= 15 is 0 Å². The molecule has 0 aromatic rings. The monoisotopic (exact) mass is 1450 g/mol. The second-order valence-electron chi connectivity index (χ2n) is 29.8. The van der Waals surface area contributed by atoms with E-state index < -0.39 is 97.5 Å². The van der Waals surface area contributed by atoms with Crippen LogP contribution in [0.3, 0.4) is 0 Å². The quantitative estimate of drug-likeness (QED) is 0.0222. The van der Waals surface area contributed by atoms with Gasteiger partial charge >= 0.3 is 39.5 Å². The Bertz CT molecular complexity index is 1930. The van der Waals surface area contributed by atoms with Crippen molar-refractivity contribution in [3.63, 3.8) is 0 Å². The van der Waals surface area contributed by atoms with Gasteiger partial charge in [0.15, 0.2) is 12.2 Å². The molecule has 4 unspecified atom stereocenters. The second-order valence-corrected chi connectivity index (χ2v) is 32.7. The molecule has 19 heteroatoms. The zero-order chi connectivity index (χ0) is 73.0. The SMILES string of the molecule is CCCCCCCCCCCCCCCCCCCCCCC(=O)O[C@H](COC(=O)CCCCCCCCCCCCCCC(C)C)COP(=O)(O)OC[C@@H](O)COP(=O)(O)OC[C@@H](COC(=O)CCCCCCCCC(C)CC)OC(=O)CCCCCCCCCCCCC(C)CC. The van der Waals surface area contributed by atoms with Gasteiger partial charge in [-0.1, -0.05) is 363 Å². The minimum absolute atomic E-state index is 0.105. The van der Waals surface area contributed by atoms with Gasteiger partial charge in [0.25, 0.3) is 0 Å². The summed E-state index contributed by atoms with van der Waals surface area (Å²) in [7, 11) is -9.92. The molecule has 0 aliphatic rings. The van der Waals surface area contributed by atoms with Gasteiger partial charge < -0.3 is 33.8 Å². The predicted octanol–water partition coefficient (Wildman–Crippen LogP) is 23.7. The molecule has 0 amide bonds. The molecular weight excluding hydrogens is 1290 g/mol. The minimum atomic E-state index is -4.96. The van der Waals surface area contributed by atoms with Crippen molar-refractivity contribution in [3.8, 4) is 0 Å². The van der Waals surface area contributed by atoms with Crippen molar-refractivity contribution in [2.75, 3.05) is 39.6 Å². The summed E-state index contributed by atoms with van der Waals surface area (Å²) >= 11 is 0. The van der Waals surface area contributed by atoms with E-state index in [1.807, 2.05) is 0 Å². The molecule has 0 aromatic carbocycles. The highest BCUT2D eigenvalue weighted by molar-refractivity contribution is 7.47. The number of aliphatic hydroxyl groups is 1. The zero-order valence-corrected chi connectivity index (χ0v) is 66.8. The first-order valence-electron chi connectivity index (χ1n) is 41.4. The molecule has 0 saturated carbocycles. The molecular formula is C80H156O17P2. The van der Waals surface area contributed by atoms with Gasteiger partial charge in [0.2, 0.25) is 0 Å². The summed E-state index contributed by atoms with van der Waals surface area (Å²) in [6, 6.07) is 0. The van der Waals surface area contributed by atoms with Crippen LogP contribution in [0.1, 0.15) is 414 Å². The lowest BCUT2D eigenvalue weighted by Gasteiger charge is -2.21. The van der Waals surface area contributed by atoms with Crippen LogP contribution >= 0.6 is 15.6 Å². The highest BCUT2D eigenvalue weighted by Crippen LogP contribution is 2.45. The maximum atomic E-state index is 13.1. The molecule has 7 atom stereocenters. The number of carbonyl (C=O) groups is 4. The largest absolute Gasteiger partial charge is 0.472 e. The van der Waals surface area contributed by atoms with E-state index in [2.05, 4.69) is 48.5 Å². The summed E-state index contributed by atoms with van der Waals surface area (Å²) in [5.41, 5.74) is 0. The molecule has 0 spiro atoms. The molecule has 0 rings (SSSR count). The Hall–Kier alpha value is -1.94. The van der Waals surface area contributed by atoms with Crippen molar-refractivity contribution in [1.82, 2.24) is 0 Å². The number of hydrogen-bond acceptors (Lipinski definition) is 15. The Morgan fingerprint density at radius 1 is 0.293 bits per heavy atom.